The van der Waals surface area contributed by atoms with Gasteiger partial charge in [-0.15, -0.1) is 0 Å². The van der Waals surface area contributed by atoms with Crippen LogP contribution in [0.1, 0.15) is 49.5 Å². The maximum atomic E-state index is 12.6. The summed E-state index contributed by atoms with van der Waals surface area (Å²) in [5.41, 5.74) is -1.02. The van der Waals surface area contributed by atoms with E-state index in [1.165, 1.54) is 0 Å². The zero-order chi connectivity index (χ0) is 17.9. The molecule has 1 amide bonds. The molecule has 1 aliphatic carbocycles. The van der Waals surface area contributed by atoms with Crippen molar-refractivity contribution >= 4 is 11.9 Å². The van der Waals surface area contributed by atoms with Crippen molar-refractivity contribution in [2.75, 3.05) is 0 Å². The quantitative estimate of drug-likeness (QED) is 0.870. The van der Waals surface area contributed by atoms with Gasteiger partial charge in [-0.2, -0.15) is 5.10 Å². The summed E-state index contributed by atoms with van der Waals surface area (Å²) in [5.74, 6) is -0.396. The van der Waals surface area contributed by atoms with E-state index in [-0.39, 0.29) is 5.69 Å². The Morgan fingerprint density at radius 3 is 2.68 bits per heavy atom. The molecule has 0 radical (unpaired) electrons. The van der Waals surface area contributed by atoms with Gasteiger partial charge in [-0.3, -0.25) is 4.79 Å². The van der Waals surface area contributed by atoms with Gasteiger partial charge in [-0.05, 0) is 49.8 Å². The fourth-order valence-electron chi connectivity index (χ4n) is 3.33. The van der Waals surface area contributed by atoms with Crippen molar-refractivity contribution in [1.29, 1.82) is 0 Å². The molecule has 0 atom stereocenters. The van der Waals surface area contributed by atoms with Crippen LogP contribution in [0.2, 0.25) is 0 Å². The highest BCUT2D eigenvalue weighted by Gasteiger charge is 2.43. The Kier molecular flexibility index (Phi) is 4.83. The van der Waals surface area contributed by atoms with Gasteiger partial charge >= 0.3 is 5.97 Å². The first-order valence-corrected chi connectivity index (χ1v) is 8.57. The largest absolute Gasteiger partial charge is 0.480 e. The summed E-state index contributed by atoms with van der Waals surface area (Å²) in [4.78, 5) is 28.8. The SMILES string of the molecule is CCC1CCC(NC(=O)c2cccc(-n3cccn3)n2)(C(=O)O)CC1. The average Bonchev–Trinajstić information content (AvgIpc) is 3.17. The van der Waals surface area contributed by atoms with E-state index in [2.05, 4.69) is 22.3 Å². The first-order chi connectivity index (χ1) is 12.0. The number of aromatic nitrogens is 3. The van der Waals surface area contributed by atoms with Crippen LogP contribution in [0.25, 0.3) is 5.82 Å². The lowest BCUT2D eigenvalue weighted by Gasteiger charge is -2.37. The topological polar surface area (TPSA) is 97.1 Å². The first kappa shape index (κ1) is 17.1. The minimum atomic E-state index is -1.20. The highest BCUT2D eigenvalue weighted by Crippen LogP contribution is 2.34. The van der Waals surface area contributed by atoms with E-state index in [4.69, 9.17) is 0 Å². The number of hydrogen-bond acceptors (Lipinski definition) is 4. The third kappa shape index (κ3) is 3.55. The van der Waals surface area contributed by atoms with Crippen molar-refractivity contribution in [2.45, 2.75) is 44.6 Å². The van der Waals surface area contributed by atoms with Gasteiger partial charge in [-0.25, -0.2) is 14.5 Å². The summed E-state index contributed by atoms with van der Waals surface area (Å²) in [5, 5.41) is 16.5. The van der Waals surface area contributed by atoms with Crippen molar-refractivity contribution < 1.29 is 14.7 Å². The number of aliphatic carboxylic acids is 1. The summed E-state index contributed by atoms with van der Waals surface area (Å²) in [7, 11) is 0. The second-order valence-corrected chi connectivity index (χ2v) is 6.52. The molecule has 2 aromatic rings. The Balaban J connectivity index is 1.78. The van der Waals surface area contributed by atoms with Crippen molar-refractivity contribution in [3.8, 4) is 5.82 Å². The molecule has 132 valence electrons. The van der Waals surface area contributed by atoms with Gasteiger partial charge in [0.1, 0.15) is 11.2 Å². The molecule has 0 aromatic carbocycles. The fraction of sp³-hybridized carbons (Fsp3) is 0.444. The molecule has 1 aliphatic rings. The zero-order valence-electron chi connectivity index (χ0n) is 14.2. The Morgan fingerprint density at radius 2 is 2.08 bits per heavy atom. The molecule has 0 saturated heterocycles. The van der Waals surface area contributed by atoms with Crippen LogP contribution in [-0.2, 0) is 4.79 Å². The van der Waals surface area contributed by atoms with E-state index in [1.54, 1.807) is 41.3 Å². The molecule has 2 aromatic heterocycles. The van der Waals surface area contributed by atoms with E-state index < -0.39 is 17.4 Å². The molecule has 1 saturated carbocycles. The summed E-state index contributed by atoms with van der Waals surface area (Å²) in [6.07, 6.45) is 6.91. The van der Waals surface area contributed by atoms with Crippen LogP contribution < -0.4 is 5.32 Å². The minimum absolute atomic E-state index is 0.186. The molecule has 1 fully saturated rings. The number of carbonyl (C=O) groups is 2. The molecule has 0 bridgehead atoms. The maximum Gasteiger partial charge on any atom is 0.329 e. The maximum absolute atomic E-state index is 12.6. The predicted molar refractivity (Wildman–Crippen MR) is 91.4 cm³/mol. The van der Waals surface area contributed by atoms with Gasteiger partial charge in [0.25, 0.3) is 5.91 Å². The molecule has 7 heteroatoms. The van der Waals surface area contributed by atoms with Crippen molar-refractivity contribution in [1.82, 2.24) is 20.1 Å². The number of nitrogens with zero attached hydrogens (tertiary/aromatic N) is 3. The lowest BCUT2D eigenvalue weighted by molar-refractivity contribution is -0.146. The third-order valence-electron chi connectivity index (χ3n) is 5.00. The second-order valence-electron chi connectivity index (χ2n) is 6.52. The number of carboxylic acids is 1. The molecular weight excluding hydrogens is 320 g/mol. The van der Waals surface area contributed by atoms with Gasteiger partial charge in [0.2, 0.25) is 0 Å². The Labute approximate surface area is 146 Å². The van der Waals surface area contributed by atoms with Crippen LogP contribution >= 0.6 is 0 Å². The van der Waals surface area contributed by atoms with E-state index in [0.717, 1.165) is 19.3 Å². The number of nitrogens with one attached hydrogen (secondary N) is 1. The summed E-state index contributed by atoms with van der Waals surface area (Å²) in [6.45, 7) is 2.11. The van der Waals surface area contributed by atoms with E-state index in [0.29, 0.717) is 24.6 Å². The Bertz CT molecular complexity index is 749. The average molecular weight is 342 g/mol. The van der Waals surface area contributed by atoms with Gasteiger partial charge < -0.3 is 10.4 Å². The van der Waals surface area contributed by atoms with E-state index >= 15 is 0 Å². The zero-order valence-corrected chi connectivity index (χ0v) is 14.2. The number of rotatable bonds is 5. The predicted octanol–water partition coefficient (Wildman–Crippen LogP) is 2.42. The van der Waals surface area contributed by atoms with Crippen LogP contribution in [0.5, 0.6) is 0 Å². The van der Waals surface area contributed by atoms with Crippen molar-refractivity contribution in [3.63, 3.8) is 0 Å². The number of hydrogen-bond donors (Lipinski definition) is 2. The van der Waals surface area contributed by atoms with Crippen LogP contribution in [0.3, 0.4) is 0 Å². The van der Waals surface area contributed by atoms with E-state index in [9.17, 15) is 14.7 Å². The molecule has 25 heavy (non-hydrogen) atoms. The molecule has 2 heterocycles. The highest BCUT2D eigenvalue weighted by molar-refractivity contribution is 5.96. The number of carbonyl (C=O) groups excluding carboxylic acids is 1. The second kappa shape index (κ2) is 7.04. The molecule has 2 N–H and O–H groups in total. The Hall–Kier alpha value is -2.70. The summed E-state index contributed by atoms with van der Waals surface area (Å²) >= 11 is 0. The standard InChI is InChI=1S/C18H22N4O3/c1-2-13-7-9-18(10-8-13,17(24)25)21-16(23)14-5-3-6-15(20-14)22-12-4-11-19-22/h3-6,11-13H,2,7-10H2,1H3,(H,21,23)(H,24,25). The molecule has 3 rings (SSSR count). The van der Waals surface area contributed by atoms with Crippen LogP contribution in [-0.4, -0.2) is 37.3 Å². The molecule has 0 unspecified atom stereocenters. The number of amides is 1. The highest BCUT2D eigenvalue weighted by atomic mass is 16.4. The summed E-state index contributed by atoms with van der Waals surface area (Å²) in [6, 6.07) is 6.79. The third-order valence-corrected chi connectivity index (χ3v) is 5.00. The monoisotopic (exact) mass is 342 g/mol. The smallest absolute Gasteiger partial charge is 0.329 e. The van der Waals surface area contributed by atoms with Gasteiger partial charge in [-0.1, -0.05) is 19.4 Å². The molecule has 0 spiro atoms. The fourth-order valence-corrected chi connectivity index (χ4v) is 3.33. The molecule has 0 aliphatic heterocycles. The van der Waals surface area contributed by atoms with Crippen molar-refractivity contribution in [2.24, 2.45) is 5.92 Å². The minimum Gasteiger partial charge on any atom is -0.480 e. The van der Waals surface area contributed by atoms with Gasteiger partial charge in [0.05, 0.1) is 0 Å². The molecule has 7 nitrogen and oxygen atoms in total. The van der Waals surface area contributed by atoms with Crippen LogP contribution in [0, 0.1) is 5.92 Å². The lowest BCUT2D eigenvalue weighted by Crippen LogP contribution is -2.56. The Morgan fingerprint density at radius 1 is 1.32 bits per heavy atom. The van der Waals surface area contributed by atoms with Crippen LogP contribution in [0.4, 0.5) is 0 Å². The van der Waals surface area contributed by atoms with Crippen LogP contribution in [0.15, 0.2) is 36.7 Å². The number of carboxylic acid groups (broad SMARTS) is 1. The van der Waals surface area contributed by atoms with E-state index in [1.807, 2.05) is 0 Å². The summed E-state index contributed by atoms with van der Waals surface area (Å²) < 4.78 is 1.55. The first-order valence-electron chi connectivity index (χ1n) is 8.57. The normalized spacial score (nSPS) is 23.2. The number of pyridine rings is 1. The van der Waals surface area contributed by atoms with Crippen molar-refractivity contribution in [3.05, 3.63) is 42.4 Å². The van der Waals surface area contributed by atoms with Gasteiger partial charge in [0.15, 0.2) is 5.82 Å². The molecular formula is C18H22N4O3. The van der Waals surface area contributed by atoms with Gasteiger partial charge in [0, 0.05) is 12.4 Å². The lowest BCUT2D eigenvalue weighted by atomic mass is 9.75.